The van der Waals surface area contributed by atoms with E-state index in [9.17, 15) is 0 Å². The van der Waals surface area contributed by atoms with Gasteiger partial charge in [0.2, 0.25) is 0 Å². The second kappa shape index (κ2) is 6.42. The topological polar surface area (TPSA) is 12.0 Å². The molecule has 0 aliphatic carbocycles. The van der Waals surface area contributed by atoms with Crippen LogP contribution in [0.3, 0.4) is 0 Å². The molecule has 0 bridgehead atoms. The molecule has 2 heteroatoms. The molecule has 108 valence electrons. The zero-order valence-corrected chi connectivity index (χ0v) is 13.4. The fraction of sp³-hybridized carbons (Fsp3) is 0.263. The summed E-state index contributed by atoms with van der Waals surface area (Å²) in [6, 6.07) is 20.2. The summed E-state index contributed by atoms with van der Waals surface area (Å²) in [6.45, 7) is 5.35. The van der Waals surface area contributed by atoms with Gasteiger partial charge in [0.25, 0.3) is 0 Å². The number of benzene rings is 2. The molecule has 0 aliphatic heterocycles. The molecule has 2 aromatic carbocycles. The third kappa shape index (κ3) is 3.02. The van der Waals surface area contributed by atoms with E-state index < -0.39 is 0 Å². The first-order valence-corrected chi connectivity index (χ1v) is 8.44. The van der Waals surface area contributed by atoms with E-state index in [0.717, 1.165) is 13.0 Å². The van der Waals surface area contributed by atoms with Crippen LogP contribution in [0.15, 0.2) is 54.6 Å². The second-order valence-electron chi connectivity index (χ2n) is 5.25. The molecule has 1 unspecified atom stereocenters. The van der Waals surface area contributed by atoms with Gasteiger partial charge in [-0.25, -0.2) is 0 Å². The van der Waals surface area contributed by atoms with Crippen molar-refractivity contribution < 1.29 is 0 Å². The number of rotatable bonds is 5. The maximum atomic E-state index is 3.63. The van der Waals surface area contributed by atoms with Crippen molar-refractivity contribution in [3.63, 3.8) is 0 Å². The lowest BCUT2D eigenvalue weighted by molar-refractivity contribution is 0.640. The van der Waals surface area contributed by atoms with Crippen molar-refractivity contribution in [3.05, 3.63) is 69.9 Å². The molecule has 1 nitrogen and oxygen atoms in total. The molecule has 0 saturated heterocycles. The van der Waals surface area contributed by atoms with E-state index in [1.165, 1.54) is 26.1 Å². The zero-order valence-electron chi connectivity index (χ0n) is 12.6. The standard InChI is InChI=1S/C19H21NS/c1-3-17-11-12-18(21-17)19(20-4-2)16-10-9-14-7-5-6-8-15(14)13-16/h5-13,19-20H,3-4H2,1-2H3. The maximum Gasteiger partial charge on any atom is 0.0671 e. The average Bonchev–Trinajstić information content (AvgIpc) is 3.01. The van der Waals surface area contributed by atoms with E-state index in [2.05, 4.69) is 73.8 Å². The van der Waals surface area contributed by atoms with Crippen molar-refractivity contribution >= 4 is 22.1 Å². The summed E-state index contributed by atoms with van der Waals surface area (Å²) in [5.74, 6) is 0. The molecule has 0 amide bonds. The largest absolute Gasteiger partial charge is 0.306 e. The summed E-state index contributed by atoms with van der Waals surface area (Å²) in [4.78, 5) is 2.86. The molecular weight excluding hydrogens is 274 g/mol. The Balaban J connectivity index is 2.01. The normalized spacial score (nSPS) is 12.7. The molecule has 21 heavy (non-hydrogen) atoms. The average molecular weight is 295 g/mol. The minimum Gasteiger partial charge on any atom is -0.306 e. The molecule has 3 rings (SSSR count). The number of nitrogens with one attached hydrogen (secondary N) is 1. The Labute approximate surface area is 130 Å². The van der Waals surface area contributed by atoms with Crippen molar-refractivity contribution in [3.8, 4) is 0 Å². The number of aryl methyl sites for hydroxylation is 1. The summed E-state index contributed by atoms with van der Waals surface area (Å²) in [7, 11) is 0. The first kappa shape index (κ1) is 14.3. The van der Waals surface area contributed by atoms with Gasteiger partial charge in [0.05, 0.1) is 6.04 Å². The molecule has 0 saturated carbocycles. The third-order valence-electron chi connectivity index (χ3n) is 3.83. The van der Waals surface area contributed by atoms with Crippen LogP contribution in [0.1, 0.15) is 35.2 Å². The van der Waals surface area contributed by atoms with Gasteiger partial charge in [-0.05, 0) is 47.5 Å². The smallest absolute Gasteiger partial charge is 0.0671 e. The van der Waals surface area contributed by atoms with Crippen LogP contribution in [-0.4, -0.2) is 6.54 Å². The van der Waals surface area contributed by atoms with Gasteiger partial charge in [-0.3, -0.25) is 0 Å². The quantitative estimate of drug-likeness (QED) is 0.685. The van der Waals surface area contributed by atoms with Gasteiger partial charge in [0.1, 0.15) is 0 Å². The number of fused-ring (bicyclic) bond motifs is 1. The molecule has 0 radical (unpaired) electrons. The van der Waals surface area contributed by atoms with E-state index in [0.29, 0.717) is 6.04 Å². The highest BCUT2D eigenvalue weighted by Crippen LogP contribution is 2.30. The lowest BCUT2D eigenvalue weighted by Crippen LogP contribution is -2.21. The summed E-state index contributed by atoms with van der Waals surface area (Å²) in [5, 5.41) is 6.24. The van der Waals surface area contributed by atoms with E-state index in [1.54, 1.807) is 0 Å². The second-order valence-corrected chi connectivity index (χ2v) is 6.45. The van der Waals surface area contributed by atoms with Crippen LogP contribution in [0.2, 0.25) is 0 Å². The first-order chi connectivity index (χ1) is 10.3. The Morgan fingerprint density at radius 2 is 1.76 bits per heavy atom. The van der Waals surface area contributed by atoms with Crippen LogP contribution >= 0.6 is 11.3 Å². The Morgan fingerprint density at radius 1 is 0.952 bits per heavy atom. The van der Waals surface area contributed by atoms with Crippen molar-refractivity contribution in [2.45, 2.75) is 26.3 Å². The lowest BCUT2D eigenvalue weighted by atomic mass is 10.0. The Morgan fingerprint density at radius 3 is 2.48 bits per heavy atom. The van der Waals surface area contributed by atoms with Gasteiger partial charge in [-0.2, -0.15) is 0 Å². The van der Waals surface area contributed by atoms with Gasteiger partial charge in [0.15, 0.2) is 0 Å². The predicted octanol–water partition coefficient (Wildman–Crippen LogP) is 5.16. The summed E-state index contributed by atoms with van der Waals surface area (Å²) >= 11 is 1.92. The van der Waals surface area contributed by atoms with Crippen LogP contribution in [0, 0.1) is 0 Å². The summed E-state index contributed by atoms with van der Waals surface area (Å²) in [6.07, 6.45) is 1.11. The molecule has 1 heterocycles. The minimum atomic E-state index is 0.296. The highest BCUT2D eigenvalue weighted by Gasteiger charge is 2.15. The molecular formula is C19H21NS. The first-order valence-electron chi connectivity index (χ1n) is 7.62. The Hall–Kier alpha value is -1.64. The van der Waals surface area contributed by atoms with Gasteiger partial charge in [-0.1, -0.05) is 50.2 Å². The molecule has 0 aliphatic rings. The van der Waals surface area contributed by atoms with Crippen molar-refractivity contribution in [1.82, 2.24) is 5.32 Å². The van der Waals surface area contributed by atoms with Crippen molar-refractivity contribution in [2.75, 3.05) is 6.54 Å². The van der Waals surface area contributed by atoms with Crippen LogP contribution in [0.25, 0.3) is 10.8 Å². The fourth-order valence-corrected chi connectivity index (χ4v) is 3.77. The van der Waals surface area contributed by atoms with Gasteiger partial charge < -0.3 is 5.32 Å². The van der Waals surface area contributed by atoms with E-state index >= 15 is 0 Å². The van der Waals surface area contributed by atoms with Crippen molar-refractivity contribution in [1.29, 1.82) is 0 Å². The molecule has 1 N–H and O–H groups in total. The lowest BCUT2D eigenvalue weighted by Gasteiger charge is -2.17. The third-order valence-corrected chi connectivity index (χ3v) is 5.12. The van der Waals surface area contributed by atoms with Gasteiger partial charge in [0, 0.05) is 9.75 Å². The van der Waals surface area contributed by atoms with Crippen LogP contribution in [0.4, 0.5) is 0 Å². The van der Waals surface area contributed by atoms with Crippen LogP contribution < -0.4 is 5.32 Å². The predicted molar refractivity (Wildman–Crippen MR) is 93.2 cm³/mol. The fourth-order valence-electron chi connectivity index (χ4n) is 2.71. The SMILES string of the molecule is CCNC(c1ccc2ccccc2c1)c1ccc(CC)s1. The number of hydrogen-bond acceptors (Lipinski definition) is 2. The number of hydrogen-bond donors (Lipinski definition) is 1. The summed E-state index contributed by atoms with van der Waals surface area (Å²) in [5.41, 5.74) is 1.35. The Bertz CT molecular complexity index is 729. The highest BCUT2D eigenvalue weighted by atomic mass is 32.1. The monoisotopic (exact) mass is 295 g/mol. The maximum absolute atomic E-state index is 3.63. The highest BCUT2D eigenvalue weighted by molar-refractivity contribution is 7.12. The van der Waals surface area contributed by atoms with Gasteiger partial charge >= 0.3 is 0 Å². The van der Waals surface area contributed by atoms with E-state index in [1.807, 2.05) is 11.3 Å². The van der Waals surface area contributed by atoms with Crippen LogP contribution in [0.5, 0.6) is 0 Å². The Kier molecular flexibility index (Phi) is 4.37. The van der Waals surface area contributed by atoms with Crippen LogP contribution in [-0.2, 0) is 6.42 Å². The molecule has 1 aromatic heterocycles. The number of thiophene rings is 1. The minimum absolute atomic E-state index is 0.296. The molecule has 0 spiro atoms. The van der Waals surface area contributed by atoms with Crippen molar-refractivity contribution in [2.24, 2.45) is 0 Å². The zero-order chi connectivity index (χ0) is 14.7. The summed E-state index contributed by atoms with van der Waals surface area (Å²) < 4.78 is 0. The van der Waals surface area contributed by atoms with E-state index in [-0.39, 0.29) is 0 Å². The molecule has 1 atom stereocenters. The van der Waals surface area contributed by atoms with Gasteiger partial charge in [-0.15, -0.1) is 11.3 Å². The molecule has 3 aromatic rings. The van der Waals surface area contributed by atoms with E-state index in [4.69, 9.17) is 0 Å². The molecule has 0 fully saturated rings.